The third-order valence-corrected chi connectivity index (χ3v) is 2.86. The van der Waals surface area contributed by atoms with Crippen LogP contribution in [0.2, 0.25) is 0 Å². The maximum atomic E-state index is 5.73. The second-order valence-electron chi connectivity index (χ2n) is 3.86. The van der Waals surface area contributed by atoms with Gasteiger partial charge in [-0.2, -0.15) is 0 Å². The fourth-order valence-electron chi connectivity index (χ4n) is 2.06. The van der Waals surface area contributed by atoms with Gasteiger partial charge < -0.3 is 16.0 Å². The molecule has 0 aromatic rings. The predicted molar refractivity (Wildman–Crippen MR) is 52.1 cm³/mol. The minimum atomic E-state index is 0.667. The molecule has 2 unspecified atom stereocenters. The van der Waals surface area contributed by atoms with E-state index in [1.807, 2.05) is 7.05 Å². The highest BCUT2D eigenvalue weighted by atomic mass is 15.1. The summed E-state index contributed by atoms with van der Waals surface area (Å²) in [6.07, 6.45) is 1.32. The van der Waals surface area contributed by atoms with Crippen LogP contribution in [0, 0.1) is 11.8 Å². The molecule has 0 aromatic heterocycles. The molecule has 0 radical (unpaired) electrons. The van der Waals surface area contributed by atoms with Gasteiger partial charge in [-0.1, -0.05) is 0 Å². The Morgan fingerprint density at radius 3 is 2.83 bits per heavy atom. The van der Waals surface area contributed by atoms with Crippen molar-refractivity contribution >= 4 is 0 Å². The van der Waals surface area contributed by atoms with Crippen molar-refractivity contribution < 1.29 is 0 Å². The Bertz CT molecular complexity index is 125. The van der Waals surface area contributed by atoms with Crippen molar-refractivity contribution in [1.29, 1.82) is 0 Å². The molecule has 1 fully saturated rings. The second-order valence-corrected chi connectivity index (χ2v) is 3.86. The number of nitrogens with zero attached hydrogens (tertiary/aromatic N) is 1. The molecule has 0 bridgehead atoms. The van der Waals surface area contributed by atoms with E-state index in [1.165, 1.54) is 19.5 Å². The van der Waals surface area contributed by atoms with Gasteiger partial charge in [0.1, 0.15) is 0 Å². The standard InChI is InChI=1S/C9H21N3/c1-11-6-9(5-10)8-3-4-12(2)7-8/h8-9,11H,3-7,10H2,1-2H3. The zero-order valence-electron chi connectivity index (χ0n) is 8.21. The molecular weight excluding hydrogens is 150 g/mol. The predicted octanol–water partition coefficient (Wildman–Crippen LogP) is -0.268. The second kappa shape index (κ2) is 4.80. The quantitative estimate of drug-likeness (QED) is 0.612. The van der Waals surface area contributed by atoms with E-state index in [0.717, 1.165) is 19.0 Å². The van der Waals surface area contributed by atoms with Crippen molar-refractivity contribution in [3.05, 3.63) is 0 Å². The summed E-state index contributed by atoms with van der Waals surface area (Å²) in [6, 6.07) is 0. The van der Waals surface area contributed by atoms with Crippen molar-refractivity contribution in [3.63, 3.8) is 0 Å². The lowest BCUT2D eigenvalue weighted by Crippen LogP contribution is -2.33. The summed E-state index contributed by atoms with van der Waals surface area (Å²) < 4.78 is 0. The summed E-state index contributed by atoms with van der Waals surface area (Å²) in [7, 11) is 4.19. The number of hydrogen-bond acceptors (Lipinski definition) is 3. The van der Waals surface area contributed by atoms with E-state index in [0.29, 0.717) is 5.92 Å². The van der Waals surface area contributed by atoms with E-state index in [9.17, 15) is 0 Å². The first-order valence-electron chi connectivity index (χ1n) is 4.81. The Balaban J connectivity index is 2.33. The molecule has 3 N–H and O–H groups in total. The lowest BCUT2D eigenvalue weighted by molar-refractivity contribution is 0.318. The van der Waals surface area contributed by atoms with E-state index in [-0.39, 0.29) is 0 Å². The van der Waals surface area contributed by atoms with E-state index in [2.05, 4.69) is 17.3 Å². The van der Waals surface area contributed by atoms with Crippen LogP contribution in [-0.4, -0.2) is 45.2 Å². The van der Waals surface area contributed by atoms with E-state index in [1.54, 1.807) is 0 Å². The maximum Gasteiger partial charge on any atom is 0.00107 e. The Morgan fingerprint density at radius 2 is 2.42 bits per heavy atom. The number of rotatable bonds is 4. The number of nitrogens with two attached hydrogens (primary N) is 1. The highest BCUT2D eigenvalue weighted by Gasteiger charge is 2.25. The van der Waals surface area contributed by atoms with E-state index >= 15 is 0 Å². The topological polar surface area (TPSA) is 41.3 Å². The largest absolute Gasteiger partial charge is 0.330 e. The molecule has 3 nitrogen and oxygen atoms in total. The lowest BCUT2D eigenvalue weighted by Gasteiger charge is -2.21. The van der Waals surface area contributed by atoms with Crippen LogP contribution < -0.4 is 11.1 Å². The van der Waals surface area contributed by atoms with Crippen LogP contribution in [-0.2, 0) is 0 Å². The van der Waals surface area contributed by atoms with Crippen LogP contribution in [0.25, 0.3) is 0 Å². The van der Waals surface area contributed by atoms with Crippen molar-refractivity contribution in [1.82, 2.24) is 10.2 Å². The van der Waals surface area contributed by atoms with Crippen molar-refractivity contribution in [2.24, 2.45) is 17.6 Å². The van der Waals surface area contributed by atoms with Gasteiger partial charge >= 0.3 is 0 Å². The van der Waals surface area contributed by atoms with Gasteiger partial charge in [-0.25, -0.2) is 0 Å². The zero-order chi connectivity index (χ0) is 8.97. The van der Waals surface area contributed by atoms with Crippen molar-refractivity contribution in [2.75, 3.05) is 40.3 Å². The molecule has 12 heavy (non-hydrogen) atoms. The highest BCUT2D eigenvalue weighted by Crippen LogP contribution is 2.21. The molecule has 1 rings (SSSR count). The first kappa shape index (κ1) is 9.96. The van der Waals surface area contributed by atoms with Gasteiger partial charge in [-0.15, -0.1) is 0 Å². The fourth-order valence-corrected chi connectivity index (χ4v) is 2.06. The van der Waals surface area contributed by atoms with Gasteiger partial charge in [0.15, 0.2) is 0 Å². The van der Waals surface area contributed by atoms with Gasteiger partial charge in [-0.05, 0) is 52.0 Å². The summed E-state index contributed by atoms with van der Waals surface area (Å²) in [5.41, 5.74) is 5.73. The molecule has 3 heteroatoms. The highest BCUT2D eigenvalue weighted by molar-refractivity contribution is 4.80. The van der Waals surface area contributed by atoms with Crippen LogP contribution in [0.5, 0.6) is 0 Å². The maximum absolute atomic E-state index is 5.73. The molecule has 1 aliphatic rings. The Kier molecular flexibility index (Phi) is 3.98. The molecule has 72 valence electrons. The van der Waals surface area contributed by atoms with Gasteiger partial charge in [0.2, 0.25) is 0 Å². The summed E-state index contributed by atoms with van der Waals surface area (Å²) in [4.78, 5) is 2.39. The van der Waals surface area contributed by atoms with Crippen LogP contribution in [0.4, 0.5) is 0 Å². The Morgan fingerprint density at radius 1 is 1.67 bits per heavy atom. The van der Waals surface area contributed by atoms with Crippen molar-refractivity contribution in [2.45, 2.75) is 6.42 Å². The molecule has 0 aromatic carbocycles. The Labute approximate surface area is 75.3 Å². The van der Waals surface area contributed by atoms with E-state index in [4.69, 9.17) is 5.73 Å². The van der Waals surface area contributed by atoms with Crippen LogP contribution in [0.15, 0.2) is 0 Å². The van der Waals surface area contributed by atoms with Crippen LogP contribution >= 0.6 is 0 Å². The van der Waals surface area contributed by atoms with Crippen LogP contribution in [0.3, 0.4) is 0 Å². The normalized spacial score (nSPS) is 27.8. The smallest absolute Gasteiger partial charge is 0.00107 e. The lowest BCUT2D eigenvalue weighted by atomic mass is 9.91. The van der Waals surface area contributed by atoms with Crippen LogP contribution in [0.1, 0.15) is 6.42 Å². The third kappa shape index (κ3) is 2.44. The first-order chi connectivity index (χ1) is 5.77. The summed E-state index contributed by atoms with van der Waals surface area (Å²) in [5.74, 6) is 1.48. The van der Waals surface area contributed by atoms with Gasteiger partial charge in [0.05, 0.1) is 0 Å². The molecule has 0 spiro atoms. The fraction of sp³-hybridized carbons (Fsp3) is 1.00. The molecule has 0 aliphatic carbocycles. The van der Waals surface area contributed by atoms with Gasteiger partial charge in [0, 0.05) is 6.54 Å². The zero-order valence-corrected chi connectivity index (χ0v) is 8.21. The summed E-state index contributed by atoms with van der Waals surface area (Å²) >= 11 is 0. The molecule has 0 saturated carbocycles. The SMILES string of the molecule is CNCC(CN)C1CCN(C)C1. The molecule has 1 heterocycles. The first-order valence-corrected chi connectivity index (χ1v) is 4.81. The molecule has 1 saturated heterocycles. The molecule has 0 amide bonds. The minimum Gasteiger partial charge on any atom is -0.330 e. The van der Waals surface area contributed by atoms with E-state index < -0.39 is 0 Å². The average Bonchev–Trinajstić information content (AvgIpc) is 2.47. The summed E-state index contributed by atoms with van der Waals surface area (Å²) in [5, 5.41) is 3.21. The molecular formula is C9H21N3. The minimum absolute atomic E-state index is 0.667. The van der Waals surface area contributed by atoms with Crippen molar-refractivity contribution in [3.8, 4) is 0 Å². The van der Waals surface area contributed by atoms with Gasteiger partial charge in [-0.3, -0.25) is 0 Å². The van der Waals surface area contributed by atoms with Gasteiger partial charge in [0.25, 0.3) is 0 Å². The Hall–Kier alpha value is -0.120. The number of hydrogen-bond donors (Lipinski definition) is 2. The average molecular weight is 171 g/mol. The molecule has 1 aliphatic heterocycles. The monoisotopic (exact) mass is 171 g/mol. The molecule has 2 atom stereocenters. The number of nitrogens with one attached hydrogen (secondary N) is 1. The number of likely N-dealkylation sites (tertiary alicyclic amines) is 1. The summed E-state index contributed by atoms with van der Waals surface area (Å²) in [6.45, 7) is 4.35. The third-order valence-electron chi connectivity index (χ3n) is 2.86.